The number of amides is 1. The lowest BCUT2D eigenvalue weighted by Gasteiger charge is -2.30. The normalized spacial score (nSPS) is 23.5. The molecule has 0 aromatic heterocycles. The van der Waals surface area contributed by atoms with Crippen LogP contribution in [0.5, 0.6) is 11.5 Å². The molecule has 0 spiro atoms. The maximum Gasteiger partial charge on any atom is 0.254 e. The fourth-order valence-corrected chi connectivity index (χ4v) is 6.67. The smallest absolute Gasteiger partial charge is 0.254 e. The molecule has 0 N–H and O–H groups in total. The van der Waals surface area contributed by atoms with Crippen molar-refractivity contribution in [2.24, 2.45) is 5.92 Å². The third-order valence-corrected chi connectivity index (χ3v) is 8.70. The van der Waals surface area contributed by atoms with E-state index in [0.717, 1.165) is 42.7 Å². The van der Waals surface area contributed by atoms with Gasteiger partial charge in [0.05, 0.1) is 10.9 Å². The number of sulfonamides is 1. The van der Waals surface area contributed by atoms with E-state index in [1.165, 1.54) is 0 Å². The van der Waals surface area contributed by atoms with Gasteiger partial charge >= 0.3 is 0 Å². The van der Waals surface area contributed by atoms with E-state index in [-0.39, 0.29) is 16.8 Å². The van der Waals surface area contributed by atoms with Crippen molar-refractivity contribution in [3.63, 3.8) is 0 Å². The molecule has 0 bridgehead atoms. The first-order valence-electron chi connectivity index (χ1n) is 11.7. The molecule has 3 aliphatic rings. The maximum atomic E-state index is 13.3. The van der Waals surface area contributed by atoms with Crippen LogP contribution in [0, 0.1) is 5.92 Å². The van der Waals surface area contributed by atoms with E-state index in [9.17, 15) is 13.2 Å². The first kappa shape index (κ1) is 22.2. The van der Waals surface area contributed by atoms with Crippen LogP contribution in [-0.2, 0) is 10.0 Å². The molecule has 8 heteroatoms. The lowest BCUT2D eigenvalue weighted by molar-refractivity contribution is 0.0735. The number of likely N-dealkylation sites (tertiary alicyclic amines) is 1. The number of ether oxygens (including phenoxy) is 2. The number of hydrogen-bond donors (Lipinski definition) is 0. The largest absolute Gasteiger partial charge is 0.486 e. The van der Waals surface area contributed by atoms with Gasteiger partial charge in [0.25, 0.3) is 5.91 Å². The van der Waals surface area contributed by atoms with Gasteiger partial charge in [0.15, 0.2) is 11.5 Å². The highest BCUT2D eigenvalue weighted by molar-refractivity contribution is 7.89. The zero-order valence-corrected chi connectivity index (χ0v) is 19.7. The van der Waals surface area contributed by atoms with Crippen molar-refractivity contribution in [1.82, 2.24) is 9.21 Å². The third-order valence-electron chi connectivity index (χ3n) is 6.82. The van der Waals surface area contributed by atoms with E-state index >= 15 is 0 Å². The highest BCUT2D eigenvalue weighted by atomic mass is 32.2. The van der Waals surface area contributed by atoms with E-state index < -0.39 is 10.0 Å². The molecule has 1 amide bonds. The van der Waals surface area contributed by atoms with Crippen LogP contribution >= 0.6 is 0 Å². The van der Waals surface area contributed by atoms with Crippen LogP contribution in [0.15, 0.2) is 47.4 Å². The number of carbonyl (C=O) groups excluding carboxylic acids is 1. The molecule has 2 aromatic rings. The lowest BCUT2D eigenvalue weighted by Crippen LogP contribution is -2.39. The van der Waals surface area contributed by atoms with E-state index in [1.807, 2.05) is 23.1 Å². The zero-order valence-electron chi connectivity index (χ0n) is 18.9. The van der Waals surface area contributed by atoms with Gasteiger partial charge < -0.3 is 14.4 Å². The molecule has 3 heterocycles. The zero-order chi connectivity index (χ0) is 23.0. The molecule has 7 nitrogen and oxygen atoms in total. The first-order valence-corrected chi connectivity index (χ1v) is 13.2. The topological polar surface area (TPSA) is 76.2 Å². The van der Waals surface area contributed by atoms with Gasteiger partial charge in [-0.05, 0) is 73.6 Å². The molecule has 2 unspecified atom stereocenters. The number of benzene rings is 2. The van der Waals surface area contributed by atoms with Gasteiger partial charge in [-0.3, -0.25) is 4.79 Å². The molecular formula is C25H30N2O5S. The number of carbonyl (C=O) groups is 1. The summed E-state index contributed by atoms with van der Waals surface area (Å²) in [7, 11) is -3.54. The van der Waals surface area contributed by atoms with Gasteiger partial charge in [-0.15, -0.1) is 0 Å². The van der Waals surface area contributed by atoms with Gasteiger partial charge in [-0.2, -0.15) is 4.31 Å². The molecule has 176 valence electrons. The van der Waals surface area contributed by atoms with Crippen molar-refractivity contribution in [1.29, 1.82) is 0 Å². The maximum absolute atomic E-state index is 13.3. The minimum absolute atomic E-state index is 0.0356. The van der Waals surface area contributed by atoms with E-state index in [1.54, 1.807) is 28.6 Å². The average molecular weight is 471 g/mol. The fraction of sp³-hybridized carbons (Fsp3) is 0.480. The summed E-state index contributed by atoms with van der Waals surface area (Å²) in [5, 5.41) is 0. The summed E-state index contributed by atoms with van der Waals surface area (Å²) in [6, 6.07) is 12.3. The predicted octanol–water partition coefficient (Wildman–Crippen LogP) is 3.86. The van der Waals surface area contributed by atoms with E-state index in [2.05, 4.69) is 6.92 Å². The van der Waals surface area contributed by atoms with Crippen molar-refractivity contribution >= 4 is 15.9 Å². The Morgan fingerprint density at radius 3 is 2.42 bits per heavy atom. The summed E-state index contributed by atoms with van der Waals surface area (Å²) in [6.07, 6.45) is 3.74. The number of fused-ring (bicyclic) bond motifs is 1. The van der Waals surface area contributed by atoms with Gasteiger partial charge in [0.1, 0.15) is 13.2 Å². The van der Waals surface area contributed by atoms with Gasteiger partial charge in [-0.25, -0.2) is 8.42 Å². The summed E-state index contributed by atoms with van der Waals surface area (Å²) in [5.74, 6) is 1.74. The molecule has 2 saturated heterocycles. The van der Waals surface area contributed by atoms with Crippen molar-refractivity contribution in [3.05, 3.63) is 53.6 Å². The van der Waals surface area contributed by atoms with Crippen LogP contribution < -0.4 is 9.47 Å². The number of rotatable bonds is 4. The predicted molar refractivity (Wildman–Crippen MR) is 124 cm³/mol. The van der Waals surface area contributed by atoms with Crippen LogP contribution in [0.25, 0.3) is 0 Å². The molecule has 2 fully saturated rings. The van der Waals surface area contributed by atoms with Crippen molar-refractivity contribution < 1.29 is 22.7 Å². The van der Waals surface area contributed by atoms with Gasteiger partial charge in [-0.1, -0.05) is 13.0 Å². The minimum atomic E-state index is -3.54. The second-order valence-corrected chi connectivity index (χ2v) is 11.1. The standard InChI is InChI=1S/C25H30N2O5S/c1-18-4-2-12-26(17-18)33(29,30)21-9-6-19(7-10-21)25(28)27-13-3-5-22(27)20-8-11-23-24(16-20)32-15-14-31-23/h6-11,16,18,22H,2-5,12-15,17H2,1H3. The number of piperidine rings is 1. The summed E-state index contributed by atoms with van der Waals surface area (Å²) in [4.78, 5) is 15.5. The molecule has 5 rings (SSSR count). The summed E-state index contributed by atoms with van der Waals surface area (Å²) >= 11 is 0. The lowest BCUT2D eigenvalue weighted by atomic mass is 10.0. The molecule has 0 saturated carbocycles. The van der Waals surface area contributed by atoms with Crippen LogP contribution in [0.2, 0.25) is 0 Å². The Balaban J connectivity index is 1.34. The Bertz CT molecular complexity index is 1130. The van der Waals surface area contributed by atoms with Gasteiger partial charge in [0, 0.05) is 25.2 Å². The Labute approximate surface area is 195 Å². The SMILES string of the molecule is CC1CCCN(S(=O)(=O)c2ccc(C(=O)N3CCCC3c3ccc4c(c3)OCCO4)cc2)C1. The quantitative estimate of drug-likeness (QED) is 0.678. The molecule has 3 aliphatic heterocycles. The summed E-state index contributed by atoms with van der Waals surface area (Å²) < 4.78 is 39.0. The highest BCUT2D eigenvalue weighted by Gasteiger charge is 2.32. The number of hydrogen-bond acceptors (Lipinski definition) is 5. The highest BCUT2D eigenvalue weighted by Crippen LogP contribution is 2.38. The van der Waals surface area contributed by atoms with Crippen LogP contribution in [0.1, 0.15) is 54.6 Å². The molecular weight excluding hydrogens is 440 g/mol. The molecule has 2 aromatic carbocycles. The van der Waals surface area contributed by atoms with Crippen molar-refractivity contribution in [2.45, 2.75) is 43.5 Å². The minimum Gasteiger partial charge on any atom is -0.486 e. The summed E-state index contributed by atoms with van der Waals surface area (Å²) in [6.45, 7) is 4.92. The Morgan fingerprint density at radius 2 is 1.67 bits per heavy atom. The second-order valence-electron chi connectivity index (χ2n) is 9.19. The Morgan fingerprint density at radius 1 is 0.939 bits per heavy atom. The summed E-state index contributed by atoms with van der Waals surface area (Å²) in [5.41, 5.74) is 1.54. The molecule has 0 aliphatic carbocycles. The van der Waals surface area contributed by atoms with Crippen molar-refractivity contribution in [3.8, 4) is 11.5 Å². The van der Waals surface area contributed by atoms with Crippen LogP contribution in [-0.4, -0.2) is 56.4 Å². The number of nitrogens with zero attached hydrogens (tertiary/aromatic N) is 2. The van der Waals surface area contributed by atoms with E-state index in [4.69, 9.17) is 9.47 Å². The molecule has 33 heavy (non-hydrogen) atoms. The third kappa shape index (κ3) is 4.34. The molecule has 0 radical (unpaired) electrons. The average Bonchev–Trinajstić information content (AvgIpc) is 3.33. The van der Waals surface area contributed by atoms with E-state index in [0.29, 0.717) is 44.3 Å². The second kappa shape index (κ2) is 8.99. The Hall–Kier alpha value is -2.58. The van der Waals surface area contributed by atoms with Crippen LogP contribution in [0.3, 0.4) is 0 Å². The van der Waals surface area contributed by atoms with Crippen molar-refractivity contribution in [2.75, 3.05) is 32.8 Å². The fourth-order valence-electron chi connectivity index (χ4n) is 5.07. The molecule has 2 atom stereocenters. The monoisotopic (exact) mass is 470 g/mol. The van der Waals surface area contributed by atoms with Crippen LogP contribution in [0.4, 0.5) is 0 Å². The van der Waals surface area contributed by atoms with Gasteiger partial charge in [0.2, 0.25) is 10.0 Å². The Kier molecular flexibility index (Phi) is 6.05. The first-order chi connectivity index (χ1) is 15.9.